The lowest BCUT2D eigenvalue weighted by atomic mass is 9.86. The second kappa shape index (κ2) is 4.66. The van der Waals surface area contributed by atoms with Crippen LogP contribution in [0.1, 0.15) is 58.8 Å². The third-order valence-corrected chi connectivity index (χ3v) is 4.83. The van der Waals surface area contributed by atoms with Crippen molar-refractivity contribution in [1.29, 1.82) is 0 Å². The number of hydrogen-bond acceptors (Lipinski definition) is 2. The van der Waals surface area contributed by atoms with Crippen molar-refractivity contribution in [3.8, 4) is 0 Å². The minimum absolute atomic E-state index is 0.437. The molecule has 0 bridgehead atoms. The standard InChI is InChI=1S/C14H28N2/c1-13(2)8-5-12(9-13)16-11-14(10-15)6-3-4-7-14/h12,16H,3-11,15H2,1-2H3. The van der Waals surface area contributed by atoms with Crippen LogP contribution in [0.15, 0.2) is 0 Å². The van der Waals surface area contributed by atoms with Gasteiger partial charge in [-0.05, 0) is 49.5 Å². The third kappa shape index (κ3) is 2.78. The zero-order chi connectivity index (χ0) is 11.6. The quantitative estimate of drug-likeness (QED) is 0.770. The molecule has 1 unspecified atom stereocenters. The molecule has 2 saturated carbocycles. The zero-order valence-corrected chi connectivity index (χ0v) is 11.0. The minimum Gasteiger partial charge on any atom is -0.330 e. The van der Waals surface area contributed by atoms with Crippen LogP contribution in [0.3, 0.4) is 0 Å². The maximum atomic E-state index is 5.97. The molecule has 94 valence electrons. The number of nitrogens with one attached hydrogen (secondary N) is 1. The van der Waals surface area contributed by atoms with Crippen LogP contribution in [0, 0.1) is 10.8 Å². The summed E-state index contributed by atoms with van der Waals surface area (Å²) in [6, 6.07) is 0.749. The Morgan fingerprint density at radius 1 is 1.19 bits per heavy atom. The first-order chi connectivity index (χ1) is 7.55. The van der Waals surface area contributed by atoms with Crippen LogP contribution < -0.4 is 11.1 Å². The van der Waals surface area contributed by atoms with Gasteiger partial charge in [0.2, 0.25) is 0 Å². The second-order valence-corrected chi connectivity index (χ2v) is 6.90. The normalized spacial score (nSPS) is 32.1. The first-order valence-electron chi connectivity index (χ1n) is 6.99. The van der Waals surface area contributed by atoms with Crippen molar-refractivity contribution in [3.05, 3.63) is 0 Å². The van der Waals surface area contributed by atoms with Gasteiger partial charge in [-0.2, -0.15) is 0 Å². The van der Waals surface area contributed by atoms with Gasteiger partial charge in [0.15, 0.2) is 0 Å². The fourth-order valence-corrected chi connectivity index (χ4v) is 3.55. The molecular formula is C14H28N2. The van der Waals surface area contributed by atoms with Gasteiger partial charge in [-0.15, -0.1) is 0 Å². The van der Waals surface area contributed by atoms with Gasteiger partial charge in [0, 0.05) is 12.6 Å². The molecule has 2 aliphatic rings. The molecule has 0 amide bonds. The van der Waals surface area contributed by atoms with Crippen molar-refractivity contribution >= 4 is 0 Å². The van der Waals surface area contributed by atoms with Gasteiger partial charge in [0.1, 0.15) is 0 Å². The highest BCUT2D eigenvalue weighted by atomic mass is 14.9. The molecule has 0 spiro atoms. The average Bonchev–Trinajstić information content (AvgIpc) is 2.83. The van der Waals surface area contributed by atoms with Gasteiger partial charge in [0.05, 0.1) is 0 Å². The van der Waals surface area contributed by atoms with Crippen molar-refractivity contribution < 1.29 is 0 Å². The van der Waals surface area contributed by atoms with Gasteiger partial charge < -0.3 is 11.1 Å². The van der Waals surface area contributed by atoms with Crippen LogP contribution in [0.4, 0.5) is 0 Å². The van der Waals surface area contributed by atoms with Crippen molar-refractivity contribution in [3.63, 3.8) is 0 Å². The highest BCUT2D eigenvalue weighted by molar-refractivity contribution is 4.91. The van der Waals surface area contributed by atoms with Crippen LogP contribution in [-0.2, 0) is 0 Å². The van der Waals surface area contributed by atoms with Crippen LogP contribution in [-0.4, -0.2) is 19.1 Å². The molecule has 0 aromatic heterocycles. The Labute approximate surface area is 100 Å². The summed E-state index contributed by atoms with van der Waals surface area (Å²) in [4.78, 5) is 0. The molecule has 2 nitrogen and oxygen atoms in total. The van der Waals surface area contributed by atoms with Gasteiger partial charge in [-0.1, -0.05) is 26.7 Å². The molecule has 3 N–H and O–H groups in total. The van der Waals surface area contributed by atoms with E-state index < -0.39 is 0 Å². The second-order valence-electron chi connectivity index (χ2n) is 6.90. The first-order valence-corrected chi connectivity index (χ1v) is 6.99. The van der Waals surface area contributed by atoms with E-state index in [9.17, 15) is 0 Å². The fraction of sp³-hybridized carbons (Fsp3) is 1.00. The maximum Gasteiger partial charge on any atom is 0.00725 e. The van der Waals surface area contributed by atoms with Crippen LogP contribution in [0.5, 0.6) is 0 Å². The smallest absolute Gasteiger partial charge is 0.00725 e. The van der Waals surface area contributed by atoms with Crippen LogP contribution in [0.25, 0.3) is 0 Å². The molecule has 0 saturated heterocycles. The SMILES string of the molecule is CC1(C)CCC(NCC2(CN)CCCC2)C1. The lowest BCUT2D eigenvalue weighted by Gasteiger charge is -2.29. The number of rotatable bonds is 4. The Kier molecular flexibility index (Phi) is 3.60. The van der Waals surface area contributed by atoms with E-state index in [0.717, 1.165) is 19.1 Å². The molecular weight excluding hydrogens is 196 g/mol. The summed E-state index contributed by atoms with van der Waals surface area (Å²) < 4.78 is 0. The van der Waals surface area contributed by atoms with Gasteiger partial charge in [-0.25, -0.2) is 0 Å². The third-order valence-electron chi connectivity index (χ3n) is 4.83. The summed E-state index contributed by atoms with van der Waals surface area (Å²) in [5, 5.41) is 3.79. The highest BCUT2D eigenvalue weighted by Gasteiger charge is 2.35. The topological polar surface area (TPSA) is 38.0 Å². The maximum absolute atomic E-state index is 5.97. The average molecular weight is 224 g/mol. The highest BCUT2D eigenvalue weighted by Crippen LogP contribution is 2.39. The van der Waals surface area contributed by atoms with Crippen molar-refractivity contribution in [1.82, 2.24) is 5.32 Å². The van der Waals surface area contributed by atoms with E-state index in [0.29, 0.717) is 10.8 Å². The summed E-state index contributed by atoms with van der Waals surface area (Å²) in [5.74, 6) is 0. The van der Waals surface area contributed by atoms with E-state index in [4.69, 9.17) is 5.73 Å². The molecule has 16 heavy (non-hydrogen) atoms. The Bertz CT molecular complexity index is 229. The fourth-order valence-electron chi connectivity index (χ4n) is 3.55. The first kappa shape index (κ1) is 12.4. The molecule has 2 rings (SSSR count). The van der Waals surface area contributed by atoms with E-state index >= 15 is 0 Å². The summed E-state index contributed by atoms with van der Waals surface area (Å²) in [7, 11) is 0. The summed E-state index contributed by atoms with van der Waals surface area (Å²) >= 11 is 0. The van der Waals surface area contributed by atoms with Gasteiger partial charge in [-0.3, -0.25) is 0 Å². The summed E-state index contributed by atoms with van der Waals surface area (Å²) in [6.07, 6.45) is 9.52. The van der Waals surface area contributed by atoms with E-state index in [2.05, 4.69) is 19.2 Å². The predicted octanol–water partition coefficient (Wildman–Crippen LogP) is 2.67. The lowest BCUT2D eigenvalue weighted by molar-refractivity contribution is 0.269. The molecule has 1 atom stereocenters. The largest absolute Gasteiger partial charge is 0.330 e. The Morgan fingerprint density at radius 2 is 1.88 bits per heavy atom. The van der Waals surface area contributed by atoms with Gasteiger partial charge in [0.25, 0.3) is 0 Å². The van der Waals surface area contributed by atoms with Gasteiger partial charge >= 0.3 is 0 Å². The van der Waals surface area contributed by atoms with Crippen molar-refractivity contribution in [2.75, 3.05) is 13.1 Å². The zero-order valence-electron chi connectivity index (χ0n) is 11.0. The predicted molar refractivity (Wildman–Crippen MR) is 69.4 cm³/mol. The summed E-state index contributed by atoms with van der Waals surface area (Å²) in [6.45, 7) is 6.81. The van der Waals surface area contributed by atoms with Crippen LogP contribution >= 0.6 is 0 Å². The monoisotopic (exact) mass is 224 g/mol. The molecule has 2 fully saturated rings. The number of nitrogens with two attached hydrogens (primary N) is 1. The molecule has 0 aromatic carbocycles. The Hall–Kier alpha value is -0.0800. The van der Waals surface area contributed by atoms with Crippen molar-refractivity contribution in [2.45, 2.75) is 64.8 Å². The Morgan fingerprint density at radius 3 is 2.38 bits per heavy atom. The van der Waals surface area contributed by atoms with E-state index in [1.807, 2.05) is 0 Å². The Balaban J connectivity index is 1.79. The lowest BCUT2D eigenvalue weighted by Crippen LogP contribution is -2.42. The molecule has 0 aliphatic heterocycles. The molecule has 0 heterocycles. The van der Waals surface area contributed by atoms with E-state index in [-0.39, 0.29) is 0 Å². The van der Waals surface area contributed by atoms with Crippen LogP contribution in [0.2, 0.25) is 0 Å². The summed E-state index contributed by atoms with van der Waals surface area (Å²) in [5.41, 5.74) is 6.96. The molecule has 2 aliphatic carbocycles. The molecule has 0 aromatic rings. The molecule has 2 heteroatoms. The number of hydrogen-bond donors (Lipinski definition) is 2. The van der Waals surface area contributed by atoms with E-state index in [1.165, 1.54) is 44.9 Å². The molecule has 0 radical (unpaired) electrons. The minimum atomic E-state index is 0.437. The van der Waals surface area contributed by atoms with E-state index in [1.54, 1.807) is 0 Å². The van der Waals surface area contributed by atoms with Crippen molar-refractivity contribution in [2.24, 2.45) is 16.6 Å².